The van der Waals surface area contributed by atoms with Crippen LogP contribution >= 0.6 is 0 Å². The third-order valence-corrected chi connectivity index (χ3v) is 4.74. The molecule has 0 fully saturated rings. The molecule has 0 aliphatic heterocycles. The van der Waals surface area contributed by atoms with Crippen molar-refractivity contribution in [1.29, 1.82) is 0 Å². The fourth-order valence-corrected chi connectivity index (χ4v) is 3.12. The minimum absolute atomic E-state index is 0. The van der Waals surface area contributed by atoms with Gasteiger partial charge >= 0.3 is 0 Å². The third kappa shape index (κ3) is 4.30. The number of benzene rings is 3. The Morgan fingerprint density at radius 1 is 0.852 bits per heavy atom. The maximum atomic E-state index is 11.6. The zero-order valence-electron chi connectivity index (χ0n) is 15.3. The average Bonchev–Trinajstić information content (AvgIpc) is 2.69. The molecule has 0 aliphatic rings. The number of rotatable bonds is 5. The minimum atomic E-state index is -1.27. The number of hydrogen-bond acceptors (Lipinski definition) is 3. The largest absolute Gasteiger partial charge is 0.507 e. The molecule has 1 radical (unpaired) electrons. The molecule has 0 bridgehead atoms. The Bertz CT molecular complexity index is 855. The number of phenols is 1. The Hall–Kier alpha value is -2.39. The van der Waals surface area contributed by atoms with E-state index in [1.807, 2.05) is 92.7 Å². The van der Waals surface area contributed by atoms with E-state index in [9.17, 15) is 10.2 Å². The molecule has 3 aromatic carbocycles. The molecular weight excluding hydrogens is 386 g/mol. The van der Waals surface area contributed by atoms with Crippen LogP contribution in [0.2, 0.25) is 0 Å². The number of aromatic hydroxyl groups is 1. The monoisotopic (exact) mass is 408 g/mol. The van der Waals surface area contributed by atoms with Crippen molar-refractivity contribution >= 4 is 6.21 Å². The van der Waals surface area contributed by atoms with E-state index in [4.69, 9.17) is 0 Å². The molecule has 143 valence electrons. The average molecular weight is 409 g/mol. The van der Waals surface area contributed by atoms with E-state index in [0.29, 0.717) is 5.56 Å². The molecule has 3 rings (SSSR count). The molecule has 0 heterocycles. The van der Waals surface area contributed by atoms with Crippen molar-refractivity contribution in [1.82, 2.24) is 0 Å². The quantitative estimate of drug-likeness (QED) is 0.484. The van der Waals surface area contributed by atoms with E-state index in [1.165, 1.54) is 0 Å². The number of para-hydroxylation sites is 1. The second-order valence-electron chi connectivity index (χ2n) is 6.47. The summed E-state index contributed by atoms with van der Waals surface area (Å²) in [6, 6.07) is 24.2. The normalized spacial score (nSPS) is 12.6. The van der Waals surface area contributed by atoms with Crippen LogP contribution in [0.5, 0.6) is 5.75 Å². The minimum Gasteiger partial charge on any atom is -0.507 e. The molecule has 0 amide bonds. The standard InChI is InChI=1S/C23H23NO2.Cu/c1-17-10-9-11-19(22(17)25)16-24-18(2)23(26,20-12-5-3-6-13-20)21-14-7-4-8-15-21;/h3-16,18,25-26H,1-2H3;/t18-;/m1./s1. The van der Waals surface area contributed by atoms with Gasteiger partial charge in [-0.05, 0) is 36.6 Å². The predicted octanol–water partition coefficient (Wildman–Crippen LogP) is 4.44. The van der Waals surface area contributed by atoms with Crippen LogP contribution in [0.25, 0.3) is 0 Å². The summed E-state index contributed by atoms with van der Waals surface area (Å²) >= 11 is 0. The number of nitrogens with zero attached hydrogens (tertiary/aromatic N) is 1. The first-order valence-corrected chi connectivity index (χ1v) is 8.68. The van der Waals surface area contributed by atoms with Gasteiger partial charge in [-0.25, -0.2) is 0 Å². The second kappa shape index (κ2) is 9.00. The van der Waals surface area contributed by atoms with Crippen LogP contribution in [-0.2, 0) is 22.7 Å². The first kappa shape index (κ1) is 20.9. The summed E-state index contributed by atoms with van der Waals surface area (Å²) in [5, 5.41) is 21.8. The van der Waals surface area contributed by atoms with E-state index in [0.717, 1.165) is 16.7 Å². The SMILES string of the molecule is Cc1cccc(C=N[C@H](C)C(O)(c2ccccc2)c2ccccc2)c1O.[Cu]. The Balaban J connectivity index is 0.00000261. The topological polar surface area (TPSA) is 52.8 Å². The van der Waals surface area contributed by atoms with Crippen LogP contribution in [0.1, 0.15) is 29.2 Å². The summed E-state index contributed by atoms with van der Waals surface area (Å²) in [5.41, 5.74) is 1.73. The number of aliphatic imine (C=N–C) groups is 1. The molecule has 0 spiro atoms. The van der Waals surface area contributed by atoms with Gasteiger partial charge in [0.25, 0.3) is 0 Å². The number of aliphatic hydroxyl groups is 1. The van der Waals surface area contributed by atoms with E-state index in [2.05, 4.69) is 4.99 Å². The molecule has 1 atom stereocenters. The van der Waals surface area contributed by atoms with Gasteiger partial charge in [0.1, 0.15) is 11.4 Å². The van der Waals surface area contributed by atoms with Crippen LogP contribution in [0, 0.1) is 6.92 Å². The Morgan fingerprint density at radius 3 is 1.89 bits per heavy atom. The molecule has 0 aliphatic carbocycles. The molecule has 0 unspecified atom stereocenters. The molecule has 4 heteroatoms. The number of hydrogen-bond donors (Lipinski definition) is 2. The third-order valence-electron chi connectivity index (χ3n) is 4.74. The summed E-state index contributed by atoms with van der Waals surface area (Å²) < 4.78 is 0. The number of phenolic OH excluding ortho intramolecular Hbond substituents is 1. The summed E-state index contributed by atoms with van der Waals surface area (Å²) in [6.07, 6.45) is 1.63. The molecule has 0 saturated heterocycles. The molecule has 3 nitrogen and oxygen atoms in total. The van der Waals surface area contributed by atoms with Gasteiger partial charge in [-0.2, -0.15) is 0 Å². The van der Waals surface area contributed by atoms with Gasteiger partial charge in [-0.1, -0.05) is 72.8 Å². The number of aryl methyl sites for hydroxylation is 1. The maximum Gasteiger partial charge on any atom is 0.137 e. The van der Waals surface area contributed by atoms with Crippen molar-refractivity contribution in [3.8, 4) is 5.75 Å². The zero-order valence-corrected chi connectivity index (χ0v) is 16.2. The summed E-state index contributed by atoms with van der Waals surface area (Å²) in [6.45, 7) is 3.73. The molecule has 27 heavy (non-hydrogen) atoms. The first-order chi connectivity index (χ1) is 12.5. The Labute approximate surface area is 170 Å². The van der Waals surface area contributed by atoms with Gasteiger partial charge in [-0.15, -0.1) is 0 Å². The van der Waals surface area contributed by atoms with Crippen molar-refractivity contribution in [3.05, 3.63) is 101 Å². The van der Waals surface area contributed by atoms with E-state index < -0.39 is 11.6 Å². The fraction of sp³-hybridized carbons (Fsp3) is 0.174. The summed E-state index contributed by atoms with van der Waals surface area (Å²) in [7, 11) is 0. The van der Waals surface area contributed by atoms with Crippen LogP contribution in [0.4, 0.5) is 0 Å². The fourth-order valence-electron chi connectivity index (χ4n) is 3.12. The van der Waals surface area contributed by atoms with Crippen LogP contribution in [0.15, 0.2) is 83.9 Å². The van der Waals surface area contributed by atoms with Crippen LogP contribution in [0.3, 0.4) is 0 Å². The smallest absolute Gasteiger partial charge is 0.137 e. The van der Waals surface area contributed by atoms with E-state index in [1.54, 1.807) is 6.21 Å². The second-order valence-corrected chi connectivity index (χ2v) is 6.47. The maximum absolute atomic E-state index is 11.6. The van der Waals surface area contributed by atoms with Crippen molar-refractivity contribution in [2.45, 2.75) is 25.5 Å². The van der Waals surface area contributed by atoms with Gasteiger partial charge in [0.05, 0.1) is 6.04 Å². The van der Waals surface area contributed by atoms with Gasteiger partial charge < -0.3 is 10.2 Å². The molecule has 0 aromatic heterocycles. The first-order valence-electron chi connectivity index (χ1n) is 8.68. The molecule has 2 N–H and O–H groups in total. The van der Waals surface area contributed by atoms with Crippen molar-refractivity contribution < 1.29 is 27.3 Å². The van der Waals surface area contributed by atoms with Crippen molar-refractivity contribution in [3.63, 3.8) is 0 Å². The van der Waals surface area contributed by atoms with Crippen LogP contribution in [-0.4, -0.2) is 22.5 Å². The molecule has 0 saturated carbocycles. The van der Waals surface area contributed by atoms with E-state index in [-0.39, 0.29) is 22.8 Å². The predicted molar refractivity (Wildman–Crippen MR) is 106 cm³/mol. The Kier molecular flexibility index (Phi) is 6.98. The van der Waals surface area contributed by atoms with Crippen molar-refractivity contribution in [2.24, 2.45) is 4.99 Å². The summed E-state index contributed by atoms with van der Waals surface area (Å²) in [4.78, 5) is 4.59. The molecule has 3 aromatic rings. The summed E-state index contributed by atoms with van der Waals surface area (Å²) in [5.74, 6) is 0.214. The van der Waals surface area contributed by atoms with Gasteiger partial charge in [-0.3, -0.25) is 4.99 Å². The molecular formula is C23H23CuNO2. The van der Waals surface area contributed by atoms with Gasteiger partial charge in [0.2, 0.25) is 0 Å². The van der Waals surface area contributed by atoms with Gasteiger partial charge in [0.15, 0.2) is 0 Å². The Morgan fingerprint density at radius 2 is 1.37 bits per heavy atom. The van der Waals surface area contributed by atoms with Gasteiger partial charge in [0, 0.05) is 28.8 Å². The zero-order chi connectivity index (χ0) is 18.6. The van der Waals surface area contributed by atoms with Crippen LogP contribution < -0.4 is 0 Å². The van der Waals surface area contributed by atoms with Crippen molar-refractivity contribution in [2.75, 3.05) is 0 Å². The van der Waals surface area contributed by atoms with E-state index >= 15 is 0 Å².